The molecule has 0 atom stereocenters. The fraction of sp³-hybridized carbons (Fsp3) is 0.318. The Hall–Kier alpha value is -3.06. The van der Waals surface area contributed by atoms with E-state index in [1.54, 1.807) is 4.90 Å². The molecule has 7 nitrogen and oxygen atoms in total. The van der Waals surface area contributed by atoms with Gasteiger partial charge in [-0.2, -0.15) is 0 Å². The first-order chi connectivity index (χ1) is 14.4. The van der Waals surface area contributed by atoms with E-state index in [-0.39, 0.29) is 5.92 Å². The average molecular weight is 428 g/mol. The van der Waals surface area contributed by atoms with E-state index in [4.69, 9.17) is 21.1 Å². The zero-order chi connectivity index (χ0) is 21.3. The minimum absolute atomic E-state index is 0.250. The predicted octanol–water partition coefficient (Wildman–Crippen LogP) is 4.90. The Bertz CT molecular complexity index is 1110. The molecule has 30 heavy (non-hydrogen) atoms. The molecule has 0 N–H and O–H groups in total. The van der Waals surface area contributed by atoms with E-state index in [9.17, 15) is 9.59 Å². The largest absolute Gasteiger partial charge is 0.491 e. The molecular weight excluding hydrogens is 406 g/mol. The van der Waals surface area contributed by atoms with Crippen LogP contribution in [0.1, 0.15) is 19.4 Å². The van der Waals surface area contributed by atoms with E-state index < -0.39 is 11.5 Å². The summed E-state index contributed by atoms with van der Waals surface area (Å²) in [5, 5.41) is -0.498. The van der Waals surface area contributed by atoms with Gasteiger partial charge in [0.1, 0.15) is 18.7 Å². The number of aromatic nitrogens is 2. The number of imidazole rings is 1. The third kappa shape index (κ3) is 4.11. The summed E-state index contributed by atoms with van der Waals surface area (Å²) < 4.78 is 12.5. The van der Waals surface area contributed by atoms with Gasteiger partial charge in [0.25, 0.3) is 0 Å². The average Bonchev–Trinajstić information content (AvgIpc) is 3.02. The third-order valence-electron chi connectivity index (χ3n) is 4.91. The number of carbonyl (C=O) groups is 2. The topological polar surface area (TPSA) is 73.7 Å². The molecule has 0 spiro atoms. The summed E-state index contributed by atoms with van der Waals surface area (Å²) in [6.07, 6.45) is 1.03. The van der Waals surface area contributed by atoms with Crippen LogP contribution >= 0.6 is 11.6 Å². The second-order valence-corrected chi connectivity index (χ2v) is 7.96. The summed E-state index contributed by atoms with van der Waals surface area (Å²) in [5.74, 6) is 0.989. The van der Waals surface area contributed by atoms with E-state index in [1.807, 2.05) is 50.2 Å². The second-order valence-electron chi connectivity index (χ2n) is 7.63. The molecule has 0 radical (unpaired) electrons. The Kier molecular flexibility index (Phi) is 5.63. The Morgan fingerprint density at radius 2 is 1.97 bits per heavy atom. The van der Waals surface area contributed by atoms with Crippen molar-refractivity contribution in [1.29, 1.82) is 0 Å². The van der Waals surface area contributed by atoms with Crippen LogP contribution in [0.25, 0.3) is 22.2 Å². The Labute approximate surface area is 179 Å². The van der Waals surface area contributed by atoms with Crippen LogP contribution in [0.3, 0.4) is 0 Å². The van der Waals surface area contributed by atoms with Crippen molar-refractivity contribution in [3.8, 4) is 16.9 Å². The van der Waals surface area contributed by atoms with Crippen molar-refractivity contribution < 1.29 is 19.1 Å². The maximum Gasteiger partial charge on any atom is 0.419 e. The molecule has 3 aromatic rings. The summed E-state index contributed by atoms with van der Waals surface area (Å²) in [5.41, 5.74) is 4.11. The van der Waals surface area contributed by atoms with Crippen LogP contribution in [0, 0.1) is 5.92 Å². The van der Waals surface area contributed by atoms with Crippen molar-refractivity contribution in [3.05, 3.63) is 48.3 Å². The molecule has 1 aliphatic heterocycles. The van der Waals surface area contributed by atoms with E-state index in [0.29, 0.717) is 37.3 Å². The number of ether oxygens (including phenoxy) is 2. The standard InChI is InChI=1S/C22H22ClN3O4/c1-14(2)12-30-22(28)26-13-24-18-5-3-16(10-19(18)26)15-4-6-20-17(9-15)11-25(21(23)27)7-8-29-20/h3-6,9-10,13-14H,7-8,11-12H2,1-2H3. The van der Waals surface area contributed by atoms with Gasteiger partial charge in [-0.05, 0) is 52.9 Å². The number of amides is 1. The number of hydrogen-bond acceptors (Lipinski definition) is 5. The number of benzene rings is 2. The Morgan fingerprint density at radius 3 is 2.73 bits per heavy atom. The normalized spacial score (nSPS) is 13.7. The quantitative estimate of drug-likeness (QED) is 0.439. The predicted molar refractivity (Wildman–Crippen MR) is 114 cm³/mol. The fourth-order valence-corrected chi connectivity index (χ4v) is 3.51. The van der Waals surface area contributed by atoms with Crippen molar-refractivity contribution in [2.75, 3.05) is 19.8 Å². The van der Waals surface area contributed by atoms with Gasteiger partial charge >= 0.3 is 11.5 Å². The summed E-state index contributed by atoms with van der Waals surface area (Å²) in [7, 11) is 0. The minimum atomic E-state index is -0.498. The highest BCUT2D eigenvalue weighted by Crippen LogP contribution is 2.31. The molecule has 2 aromatic carbocycles. The van der Waals surface area contributed by atoms with Crippen molar-refractivity contribution >= 4 is 34.1 Å². The molecule has 0 aliphatic carbocycles. The first-order valence-corrected chi connectivity index (χ1v) is 10.1. The van der Waals surface area contributed by atoms with E-state index in [0.717, 1.165) is 22.4 Å². The maximum atomic E-state index is 12.4. The highest BCUT2D eigenvalue weighted by molar-refractivity contribution is 6.62. The summed E-state index contributed by atoms with van der Waals surface area (Å²) >= 11 is 5.68. The molecule has 2 heterocycles. The van der Waals surface area contributed by atoms with Crippen LogP contribution in [0.5, 0.6) is 5.75 Å². The maximum absolute atomic E-state index is 12.4. The van der Waals surface area contributed by atoms with Crippen LogP contribution in [0.15, 0.2) is 42.7 Å². The van der Waals surface area contributed by atoms with Gasteiger partial charge in [0.05, 0.1) is 30.7 Å². The van der Waals surface area contributed by atoms with Gasteiger partial charge in [-0.15, -0.1) is 0 Å². The molecule has 1 aromatic heterocycles. The zero-order valence-electron chi connectivity index (χ0n) is 16.8. The summed E-state index contributed by atoms with van der Waals surface area (Å²) in [6, 6.07) is 11.5. The van der Waals surface area contributed by atoms with Crippen molar-refractivity contribution in [2.45, 2.75) is 20.4 Å². The SMILES string of the molecule is CC(C)COC(=O)n1cnc2ccc(-c3ccc4c(c3)CN(C(=O)Cl)CCO4)cc21. The molecular formula is C22H22ClN3O4. The van der Waals surface area contributed by atoms with Gasteiger partial charge in [-0.3, -0.25) is 4.79 Å². The van der Waals surface area contributed by atoms with Crippen molar-refractivity contribution in [3.63, 3.8) is 0 Å². The first-order valence-electron chi connectivity index (χ1n) is 9.77. The molecule has 0 unspecified atom stereocenters. The minimum Gasteiger partial charge on any atom is -0.491 e. The van der Waals surface area contributed by atoms with Gasteiger partial charge in [-0.1, -0.05) is 26.0 Å². The van der Waals surface area contributed by atoms with Crippen LogP contribution in [-0.2, 0) is 11.3 Å². The molecule has 0 saturated heterocycles. The lowest BCUT2D eigenvalue weighted by atomic mass is 10.0. The highest BCUT2D eigenvalue weighted by atomic mass is 35.5. The monoisotopic (exact) mass is 427 g/mol. The second kappa shape index (κ2) is 8.36. The van der Waals surface area contributed by atoms with E-state index in [1.165, 1.54) is 10.9 Å². The lowest BCUT2D eigenvalue weighted by Gasteiger charge is -2.16. The number of carbonyl (C=O) groups excluding carboxylic acids is 2. The van der Waals surface area contributed by atoms with Gasteiger partial charge in [-0.25, -0.2) is 14.3 Å². The van der Waals surface area contributed by atoms with Crippen molar-refractivity contribution in [1.82, 2.24) is 14.5 Å². The summed E-state index contributed by atoms with van der Waals surface area (Å²) in [6.45, 7) is 5.53. The molecule has 0 saturated carbocycles. The molecule has 8 heteroatoms. The molecule has 0 bridgehead atoms. The zero-order valence-corrected chi connectivity index (χ0v) is 17.6. The first kappa shape index (κ1) is 20.2. The van der Waals surface area contributed by atoms with Crippen LogP contribution in [-0.4, -0.2) is 45.7 Å². The number of rotatable bonds is 3. The molecule has 1 amide bonds. The molecule has 156 valence electrons. The van der Waals surface area contributed by atoms with Crippen molar-refractivity contribution in [2.24, 2.45) is 5.92 Å². The lowest BCUT2D eigenvalue weighted by Crippen LogP contribution is -2.27. The smallest absolute Gasteiger partial charge is 0.419 e. The number of nitrogens with zero attached hydrogens (tertiary/aromatic N) is 3. The molecule has 4 rings (SSSR count). The number of fused-ring (bicyclic) bond motifs is 2. The van der Waals surface area contributed by atoms with Crippen LogP contribution in [0.4, 0.5) is 9.59 Å². The van der Waals surface area contributed by atoms with E-state index in [2.05, 4.69) is 4.98 Å². The van der Waals surface area contributed by atoms with E-state index >= 15 is 0 Å². The fourth-order valence-electron chi connectivity index (χ4n) is 3.36. The van der Waals surface area contributed by atoms with Crippen LogP contribution < -0.4 is 4.74 Å². The Morgan fingerprint density at radius 1 is 1.20 bits per heavy atom. The highest BCUT2D eigenvalue weighted by Gasteiger charge is 2.19. The Balaban J connectivity index is 1.67. The lowest BCUT2D eigenvalue weighted by molar-refractivity contribution is 0.135. The van der Waals surface area contributed by atoms with Gasteiger partial charge < -0.3 is 14.4 Å². The van der Waals surface area contributed by atoms with Gasteiger partial charge in [0, 0.05) is 5.56 Å². The van der Waals surface area contributed by atoms with Gasteiger partial charge in [0.2, 0.25) is 0 Å². The number of hydrogen-bond donors (Lipinski definition) is 0. The molecule has 1 aliphatic rings. The number of halogens is 1. The third-order valence-corrected chi connectivity index (χ3v) is 5.15. The molecule has 0 fully saturated rings. The summed E-state index contributed by atoms with van der Waals surface area (Å²) in [4.78, 5) is 29.9. The van der Waals surface area contributed by atoms with Crippen LogP contribution in [0.2, 0.25) is 0 Å². The van der Waals surface area contributed by atoms with Gasteiger partial charge in [0.15, 0.2) is 0 Å².